The molecule has 0 saturated carbocycles. The van der Waals surface area contributed by atoms with Crippen molar-refractivity contribution in [1.82, 2.24) is 4.72 Å². The molecule has 0 aromatic heterocycles. The number of nitrogen functional groups attached to an aromatic ring is 1. The average molecular weight is 305 g/mol. The predicted octanol–water partition coefficient (Wildman–Crippen LogP) is 1.43. The molecule has 2 rings (SSSR count). The molecule has 0 bridgehead atoms. The minimum absolute atomic E-state index is 0.135. The fourth-order valence-corrected chi connectivity index (χ4v) is 2.40. The van der Waals surface area contributed by atoms with Gasteiger partial charge in [0, 0.05) is 16.9 Å². The van der Waals surface area contributed by atoms with Gasteiger partial charge in [0.25, 0.3) is 5.91 Å². The third-order valence-electron chi connectivity index (χ3n) is 2.86. The molecule has 0 saturated heterocycles. The van der Waals surface area contributed by atoms with Gasteiger partial charge in [-0.15, -0.1) is 0 Å². The molecular formula is C14H15N3O3S. The number of hydrogen-bond acceptors (Lipinski definition) is 4. The molecule has 21 heavy (non-hydrogen) atoms. The first-order valence-electron chi connectivity index (χ1n) is 6.13. The fraction of sp³-hybridized carbons (Fsp3) is 0.0714. The summed E-state index contributed by atoms with van der Waals surface area (Å²) >= 11 is 0. The highest BCUT2D eigenvalue weighted by Gasteiger charge is 2.11. The maximum absolute atomic E-state index is 12.0. The minimum Gasteiger partial charge on any atom is -0.399 e. The van der Waals surface area contributed by atoms with E-state index in [0.29, 0.717) is 16.9 Å². The van der Waals surface area contributed by atoms with Gasteiger partial charge in [0.1, 0.15) is 0 Å². The molecule has 110 valence electrons. The van der Waals surface area contributed by atoms with Crippen LogP contribution in [0.3, 0.4) is 0 Å². The van der Waals surface area contributed by atoms with E-state index in [1.54, 1.807) is 24.3 Å². The van der Waals surface area contributed by atoms with Gasteiger partial charge in [-0.3, -0.25) is 4.79 Å². The number of nitrogens with two attached hydrogens (primary N) is 1. The van der Waals surface area contributed by atoms with E-state index in [9.17, 15) is 13.2 Å². The standard InChI is InChI=1S/C14H15N3O3S/c1-16-21(19,20)13-8-6-12(7-9-13)17-14(18)10-2-4-11(15)5-3-10/h2-9,16H,15H2,1H3,(H,17,18). The van der Waals surface area contributed by atoms with Crippen molar-refractivity contribution < 1.29 is 13.2 Å². The van der Waals surface area contributed by atoms with Crippen molar-refractivity contribution >= 4 is 27.3 Å². The van der Waals surface area contributed by atoms with Gasteiger partial charge in [-0.1, -0.05) is 0 Å². The summed E-state index contributed by atoms with van der Waals surface area (Å²) in [5.74, 6) is -0.292. The molecule has 6 nitrogen and oxygen atoms in total. The van der Waals surface area contributed by atoms with E-state index in [0.717, 1.165) is 0 Å². The lowest BCUT2D eigenvalue weighted by molar-refractivity contribution is 0.102. The number of hydrogen-bond donors (Lipinski definition) is 3. The van der Waals surface area contributed by atoms with Gasteiger partial charge in [-0.2, -0.15) is 0 Å². The molecule has 0 heterocycles. The lowest BCUT2D eigenvalue weighted by Gasteiger charge is -2.07. The Morgan fingerprint density at radius 3 is 2.10 bits per heavy atom. The van der Waals surface area contributed by atoms with Crippen LogP contribution in [0.2, 0.25) is 0 Å². The molecular weight excluding hydrogens is 290 g/mol. The first kappa shape index (κ1) is 15.0. The molecule has 2 aromatic rings. The van der Waals surface area contributed by atoms with E-state index in [2.05, 4.69) is 10.0 Å². The Kier molecular flexibility index (Phi) is 4.25. The third-order valence-corrected chi connectivity index (χ3v) is 4.29. The Labute approximate surface area is 123 Å². The van der Waals surface area contributed by atoms with Crippen molar-refractivity contribution in [2.75, 3.05) is 18.1 Å². The number of carbonyl (C=O) groups is 1. The Morgan fingerprint density at radius 2 is 1.57 bits per heavy atom. The highest BCUT2D eigenvalue weighted by atomic mass is 32.2. The summed E-state index contributed by atoms with van der Waals surface area (Å²) in [7, 11) is -2.14. The monoisotopic (exact) mass is 305 g/mol. The van der Waals surface area contributed by atoms with Gasteiger partial charge in [0.2, 0.25) is 10.0 Å². The van der Waals surface area contributed by atoms with Crippen LogP contribution < -0.4 is 15.8 Å². The first-order valence-corrected chi connectivity index (χ1v) is 7.61. The zero-order valence-corrected chi connectivity index (χ0v) is 12.1. The van der Waals surface area contributed by atoms with Crippen LogP contribution in [0.15, 0.2) is 53.4 Å². The van der Waals surface area contributed by atoms with Crippen molar-refractivity contribution in [3.8, 4) is 0 Å². The summed E-state index contributed by atoms with van der Waals surface area (Å²) in [6.45, 7) is 0. The average Bonchev–Trinajstić information content (AvgIpc) is 2.48. The Balaban J connectivity index is 2.13. The van der Waals surface area contributed by atoms with Gasteiger partial charge < -0.3 is 11.1 Å². The highest BCUT2D eigenvalue weighted by molar-refractivity contribution is 7.89. The summed E-state index contributed by atoms with van der Waals surface area (Å²) in [6, 6.07) is 12.4. The maximum atomic E-state index is 12.0. The van der Waals surface area contributed by atoms with Crippen molar-refractivity contribution in [3.63, 3.8) is 0 Å². The Morgan fingerprint density at radius 1 is 1.00 bits per heavy atom. The van der Waals surface area contributed by atoms with E-state index in [1.807, 2.05) is 0 Å². The molecule has 0 aliphatic carbocycles. The highest BCUT2D eigenvalue weighted by Crippen LogP contribution is 2.15. The molecule has 0 unspecified atom stereocenters. The number of amides is 1. The van der Waals surface area contributed by atoms with Crippen LogP contribution in [-0.4, -0.2) is 21.4 Å². The molecule has 0 aliphatic heterocycles. The van der Waals surface area contributed by atoms with Gasteiger partial charge in [-0.25, -0.2) is 13.1 Å². The van der Waals surface area contributed by atoms with Gasteiger partial charge in [0.05, 0.1) is 4.90 Å². The van der Waals surface area contributed by atoms with Crippen LogP contribution in [0.4, 0.5) is 11.4 Å². The Bertz CT molecular complexity index is 738. The number of carbonyl (C=O) groups excluding carboxylic acids is 1. The molecule has 0 fully saturated rings. The third kappa shape index (κ3) is 3.59. The second-order valence-electron chi connectivity index (χ2n) is 4.31. The zero-order chi connectivity index (χ0) is 15.5. The number of anilines is 2. The summed E-state index contributed by atoms with van der Waals surface area (Å²) in [5.41, 5.74) is 7.11. The van der Waals surface area contributed by atoms with Crippen molar-refractivity contribution in [2.45, 2.75) is 4.90 Å². The topological polar surface area (TPSA) is 101 Å². The normalized spacial score (nSPS) is 11.1. The van der Waals surface area contributed by atoms with Gasteiger partial charge >= 0.3 is 0 Å². The number of rotatable bonds is 4. The lowest BCUT2D eigenvalue weighted by Crippen LogP contribution is -2.18. The fourth-order valence-electron chi connectivity index (χ4n) is 1.67. The minimum atomic E-state index is -3.48. The van der Waals surface area contributed by atoms with Crippen molar-refractivity contribution in [3.05, 3.63) is 54.1 Å². The largest absolute Gasteiger partial charge is 0.399 e. The van der Waals surface area contributed by atoms with Crippen LogP contribution in [0.1, 0.15) is 10.4 Å². The van der Waals surface area contributed by atoms with E-state index in [4.69, 9.17) is 5.73 Å². The first-order chi connectivity index (χ1) is 9.92. The molecule has 0 aliphatic rings. The second kappa shape index (κ2) is 5.94. The molecule has 2 aromatic carbocycles. The second-order valence-corrected chi connectivity index (χ2v) is 6.19. The van der Waals surface area contributed by atoms with Gasteiger partial charge in [-0.05, 0) is 55.6 Å². The molecule has 0 atom stereocenters. The van der Waals surface area contributed by atoms with Crippen molar-refractivity contribution in [1.29, 1.82) is 0 Å². The van der Waals surface area contributed by atoms with Crippen molar-refractivity contribution in [2.24, 2.45) is 0 Å². The number of sulfonamides is 1. The summed E-state index contributed by atoms with van der Waals surface area (Å²) in [5, 5.41) is 2.68. The molecule has 0 radical (unpaired) electrons. The quantitative estimate of drug-likeness (QED) is 0.744. The molecule has 4 N–H and O–H groups in total. The zero-order valence-electron chi connectivity index (χ0n) is 11.3. The maximum Gasteiger partial charge on any atom is 0.255 e. The predicted molar refractivity (Wildman–Crippen MR) is 81.5 cm³/mol. The smallest absolute Gasteiger partial charge is 0.255 e. The molecule has 0 spiro atoms. The lowest BCUT2D eigenvalue weighted by atomic mass is 10.2. The Hall–Kier alpha value is -2.38. The van der Waals surface area contributed by atoms with Crippen LogP contribution in [-0.2, 0) is 10.0 Å². The van der Waals surface area contributed by atoms with Gasteiger partial charge in [0.15, 0.2) is 0 Å². The van der Waals surface area contributed by atoms with E-state index >= 15 is 0 Å². The van der Waals surface area contributed by atoms with E-state index in [1.165, 1.54) is 31.3 Å². The van der Waals surface area contributed by atoms with Crippen LogP contribution in [0, 0.1) is 0 Å². The summed E-state index contributed by atoms with van der Waals surface area (Å²) < 4.78 is 25.4. The summed E-state index contributed by atoms with van der Waals surface area (Å²) in [6.07, 6.45) is 0. The van der Waals surface area contributed by atoms with Crippen LogP contribution >= 0.6 is 0 Å². The van der Waals surface area contributed by atoms with E-state index in [-0.39, 0.29) is 10.8 Å². The van der Waals surface area contributed by atoms with Crippen LogP contribution in [0.5, 0.6) is 0 Å². The summed E-state index contributed by atoms with van der Waals surface area (Å²) in [4.78, 5) is 12.1. The number of nitrogens with one attached hydrogen (secondary N) is 2. The SMILES string of the molecule is CNS(=O)(=O)c1ccc(NC(=O)c2ccc(N)cc2)cc1. The number of benzene rings is 2. The van der Waals surface area contributed by atoms with E-state index < -0.39 is 10.0 Å². The van der Waals surface area contributed by atoms with Crippen LogP contribution in [0.25, 0.3) is 0 Å². The molecule has 1 amide bonds. The molecule has 7 heteroatoms.